The molecule has 0 spiro atoms. The predicted molar refractivity (Wildman–Crippen MR) is 101 cm³/mol. The summed E-state index contributed by atoms with van der Waals surface area (Å²) in [5.74, 6) is 0.692. The summed E-state index contributed by atoms with van der Waals surface area (Å²) in [7, 11) is 0. The second kappa shape index (κ2) is 7.46. The van der Waals surface area contributed by atoms with Crippen molar-refractivity contribution >= 4 is 0 Å². The van der Waals surface area contributed by atoms with Gasteiger partial charge in [0.05, 0.1) is 0 Å². The first-order valence-corrected chi connectivity index (χ1v) is 9.03. The number of rotatable bonds is 8. The highest BCUT2D eigenvalue weighted by atomic mass is 16.3. The van der Waals surface area contributed by atoms with Gasteiger partial charge in [0, 0.05) is 36.3 Å². The fourth-order valence-corrected chi connectivity index (χ4v) is 3.26. The molecule has 1 aliphatic rings. The summed E-state index contributed by atoms with van der Waals surface area (Å²) >= 11 is 0. The largest absolute Gasteiger partial charge is 0.508 e. The highest BCUT2D eigenvalue weighted by Crippen LogP contribution is 2.45. The van der Waals surface area contributed by atoms with Crippen LogP contribution in [0.1, 0.15) is 49.9 Å². The number of benzene rings is 2. The highest BCUT2D eigenvalue weighted by Gasteiger charge is 2.42. The average Bonchev–Trinajstić information content (AvgIpc) is 3.39. The maximum Gasteiger partial charge on any atom is 0.120 e. The van der Waals surface area contributed by atoms with E-state index in [-0.39, 0.29) is 17.5 Å². The van der Waals surface area contributed by atoms with E-state index in [1.807, 2.05) is 36.4 Å². The van der Waals surface area contributed by atoms with E-state index in [1.54, 1.807) is 12.1 Å². The third-order valence-corrected chi connectivity index (χ3v) is 5.33. The van der Waals surface area contributed by atoms with Crippen molar-refractivity contribution in [3.05, 3.63) is 59.7 Å². The van der Waals surface area contributed by atoms with Crippen molar-refractivity contribution < 1.29 is 10.2 Å². The maximum atomic E-state index is 9.98. The Labute approximate surface area is 149 Å². The molecular weight excluding hydrogens is 312 g/mol. The summed E-state index contributed by atoms with van der Waals surface area (Å²) in [6, 6.07) is 15.2. The number of nitrogens with one attached hydrogen (secondary N) is 2. The molecule has 0 aromatic heterocycles. The van der Waals surface area contributed by atoms with Gasteiger partial charge in [0.25, 0.3) is 0 Å². The fraction of sp³-hybridized carbons (Fsp3) is 0.429. The van der Waals surface area contributed by atoms with E-state index in [9.17, 15) is 10.2 Å². The second-order valence-electron chi connectivity index (χ2n) is 7.32. The zero-order valence-electron chi connectivity index (χ0n) is 15.0. The van der Waals surface area contributed by atoms with Gasteiger partial charge in [-0.05, 0) is 44.2 Å². The number of phenols is 2. The lowest BCUT2D eigenvalue weighted by Crippen LogP contribution is -2.35. The van der Waals surface area contributed by atoms with Gasteiger partial charge in [-0.3, -0.25) is 0 Å². The first-order valence-electron chi connectivity index (χ1n) is 9.03. The molecule has 2 aromatic carbocycles. The molecule has 0 unspecified atom stereocenters. The minimum atomic E-state index is 0.120. The van der Waals surface area contributed by atoms with Crippen molar-refractivity contribution in [3.8, 4) is 11.5 Å². The minimum absolute atomic E-state index is 0.120. The van der Waals surface area contributed by atoms with Crippen LogP contribution in [0, 0.1) is 5.41 Å². The van der Waals surface area contributed by atoms with Gasteiger partial charge in [0.1, 0.15) is 11.5 Å². The topological polar surface area (TPSA) is 64.5 Å². The van der Waals surface area contributed by atoms with Crippen LogP contribution in [-0.2, 0) is 0 Å². The van der Waals surface area contributed by atoms with E-state index in [0.29, 0.717) is 11.5 Å². The van der Waals surface area contributed by atoms with Crippen molar-refractivity contribution in [1.29, 1.82) is 0 Å². The third-order valence-electron chi connectivity index (χ3n) is 5.33. The van der Waals surface area contributed by atoms with Crippen molar-refractivity contribution in [2.75, 3.05) is 13.1 Å². The molecule has 2 aromatic rings. The van der Waals surface area contributed by atoms with Crippen LogP contribution in [0.15, 0.2) is 48.5 Å². The van der Waals surface area contributed by atoms with Crippen LogP contribution in [0.4, 0.5) is 0 Å². The van der Waals surface area contributed by atoms with Crippen molar-refractivity contribution in [2.24, 2.45) is 5.41 Å². The Morgan fingerprint density at radius 3 is 1.56 bits per heavy atom. The lowest BCUT2D eigenvalue weighted by atomic mass is 10.0. The molecule has 25 heavy (non-hydrogen) atoms. The number of aromatic hydroxyl groups is 2. The maximum absolute atomic E-state index is 9.98. The summed E-state index contributed by atoms with van der Waals surface area (Å²) in [6.07, 6.45) is 2.40. The van der Waals surface area contributed by atoms with Gasteiger partial charge in [-0.1, -0.05) is 36.4 Å². The summed E-state index contributed by atoms with van der Waals surface area (Å²) in [5, 5.41) is 27.1. The van der Waals surface area contributed by atoms with Crippen molar-refractivity contribution in [3.63, 3.8) is 0 Å². The molecule has 1 saturated carbocycles. The van der Waals surface area contributed by atoms with E-state index < -0.39 is 0 Å². The van der Waals surface area contributed by atoms with Crippen LogP contribution in [0.2, 0.25) is 0 Å². The van der Waals surface area contributed by atoms with E-state index >= 15 is 0 Å². The minimum Gasteiger partial charge on any atom is -0.508 e. The Kier molecular flexibility index (Phi) is 5.30. The molecule has 0 amide bonds. The molecule has 1 fully saturated rings. The van der Waals surface area contributed by atoms with Crippen molar-refractivity contribution in [1.82, 2.24) is 10.6 Å². The number of para-hydroxylation sites is 2. The average molecular weight is 340 g/mol. The standard InChI is InChI=1S/C21H28N2O2/c1-15(17-7-3-5-9-19(17)24)22-13-21(11-12-21)14-23-16(2)18-8-4-6-10-20(18)25/h3-10,15-16,22-25H,11-14H2,1-2H3/t15-,16-/m0/s1. The molecule has 0 radical (unpaired) electrons. The molecule has 0 heterocycles. The number of hydrogen-bond donors (Lipinski definition) is 4. The third kappa shape index (κ3) is 4.33. The summed E-state index contributed by atoms with van der Waals surface area (Å²) < 4.78 is 0. The van der Waals surface area contributed by atoms with Gasteiger partial charge in [0.15, 0.2) is 0 Å². The Hall–Kier alpha value is -2.04. The van der Waals surface area contributed by atoms with E-state index in [1.165, 1.54) is 12.8 Å². The smallest absolute Gasteiger partial charge is 0.120 e. The molecule has 0 aliphatic heterocycles. The second-order valence-corrected chi connectivity index (χ2v) is 7.32. The Morgan fingerprint density at radius 2 is 1.20 bits per heavy atom. The SMILES string of the molecule is C[C@H](NCC1(CN[C@@H](C)c2ccccc2O)CC1)c1ccccc1O. The molecule has 2 atom stereocenters. The van der Waals surface area contributed by atoms with Gasteiger partial charge in [-0.25, -0.2) is 0 Å². The van der Waals surface area contributed by atoms with Crippen molar-refractivity contribution in [2.45, 2.75) is 38.8 Å². The summed E-state index contributed by atoms with van der Waals surface area (Å²) in [5.41, 5.74) is 2.15. The zero-order valence-corrected chi connectivity index (χ0v) is 15.0. The lowest BCUT2D eigenvalue weighted by molar-refractivity contribution is 0.373. The molecule has 4 nitrogen and oxygen atoms in total. The summed E-state index contributed by atoms with van der Waals surface area (Å²) in [4.78, 5) is 0. The Bertz CT molecular complexity index is 655. The highest BCUT2D eigenvalue weighted by molar-refractivity contribution is 5.35. The number of hydrogen-bond acceptors (Lipinski definition) is 4. The van der Waals surface area contributed by atoms with Crippen LogP contribution in [0.5, 0.6) is 11.5 Å². The molecule has 3 rings (SSSR count). The first-order chi connectivity index (χ1) is 12.0. The summed E-state index contributed by atoms with van der Waals surface area (Å²) in [6.45, 7) is 6.01. The lowest BCUT2D eigenvalue weighted by Gasteiger charge is -2.24. The predicted octanol–water partition coefficient (Wildman–Crippen LogP) is 3.88. The monoisotopic (exact) mass is 340 g/mol. The molecule has 1 aliphatic carbocycles. The van der Waals surface area contributed by atoms with Crippen LogP contribution >= 0.6 is 0 Å². The van der Waals surface area contributed by atoms with Gasteiger partial charge in [0.2, 0.25) is 0 Å². The Balaban J connectivity index is 1.52. The molecule has 4 N–H and O–H groups in total. The van der Waals surface area contributed by atoms with E-state index in [0.717, 1.165) is 24.2 Å². The quantitative estimate of drug-likeness (QED) is 0.589. The van der Waals surface area contributed by atoms with E-state index in [2.05, 4.69) is 24.5 Å². The molecule has 4 heteroatoms. The van der Waals surface area contributed by atoms with Crippen LogP contribution in [0.25, 0.3) is 0 Å². The van der Waals surface area contributed by atoms with Gasteiger partial charge in [-0.2, -0.15) is 0 Å². The molecule has 0 bridgehead atoms. The van der Waals surface area contributed by atoms with Gasteiger partial charge < -0.3 is 20.8 Å². The number of phenolic OH excluding ortho intramolecular Hbond substituents is 2. The first kappa shape index (κ1) is 17.8. The van der Waals surface area contributed by atoms with Crippen LogP contribution in [0.3, 0.4) is 0 Å². The Morgan fingerprint density at radius 1 is 0.800 bits per heavy atom. The molecule has 0 saturated heterocycles. The normalized spacial score (nSPS) is 17.8. The van der Waals surface area contributed by atoms with E-state index in [4.69, 9.17) is 0 Å². The molecular formula is C21H28N2O2. The molecule has 134 valence electrons. The fourth-order valence-electron chi connectivity index (χ4n) is 3.26. The van der Waals surface area contributed by atoms with Gasteiger partial charge in [-0.15, -0.1) is 0 Å². The zero-order chi connectivity index (χ0) is 17.9. The van der Waals surface area contributed by atoms with Crippen LogP contribution < -0.4 is 10.6 Å². The van der Waals surface area contributed by atoms with Crippen LogP contribution in [-0.4, -0.2) is 23.3 Å². The van der Waals surface area contributed by atoms with Gasteiger partial charge >= 0.3 is 0 Å².